The molecule has 3 rings (SSSR count). The maximum Gasteiger partial charge on any atom is 0.185 e. The number of nitrogens with zero attached hydrogens (tertiary/aromatic N) is 1. The van der Waals surface area contributed by atoms with Gasteiger partial charge in [-0.15, -0.1) is 0 Å². The second kappa shape index (κ2) is 16.4. The van der Waals surface area contributed by atoms with E-state index in [1.54, 1.807) is 13.2 Å². The topological polar surface area (TPSA) is 120 Å². The molecule has 212 valence electrons. The highest BCUT2D eigenvalue weighted by Gasteiger charge is 2.22. The van der Waals surface area contributed by atoms with Crippen LogP contribution in [0.25, 0.3) is 0 Å². The van der Waals surface area contributed by atoms with Crippen molar-refractivity contribution in [1.82, 2.24) is 0 Å². The molecular formula is C31H49N3O4. The number of aliphatic imine (C=N–C) groups is 1. The molecule has 0 bridgehead atoms. The fraction of sp³-hybridized carbons (Fsp3) is 0.677. The molecule has 0 aromatic heterocycles. The Morgan fingerprint density at radius 1 is 1.16 bits per heavy atom. The summed E-state index contributed by atoms with van der Waals surface area (Å²) in [5.74, 6) is 2.06. The smallest absolute Gasteiger partial charge is 0.185 e. The number of benzene rings is 1. The molecule has 2 aliphatic rings. The molecule has 1 aromatic carbocycles. The molecule has 0 saturated heterocycles. The number of carbonyl (C=O) groups excluding carboxylic acids is 1. The third kappa shape index (κ3) is 10.7. The first kappa shape index (κ1) is 30.0. The van der Waals surface area contributed by atoms with Crippen LogP contribution in [0.4, 0.5) is 0 Å². The van der Waals surface area contributed by atoms with Gasteiger partial charge in [0.05, 0.1) is 6.10 Å². The van der Waals surface area contributed by atoms with Gasteiger partial charge in [0, 0.05) is 26.7 Å². The molecule has 1 unspecified atom stereocenters. The van der Waals surface area contributed by atoms with Gasteiger partial charge in [0.1, 0.15) is 0 Å². The Balaban J connectivity index is 1.64. The van der Waals surface area contributed by atoms with Crippen molar-refractivity contribution in [2.24, 2.45) is 28.3 Å². The minimum Gasteiger partial charge on any atom is -0.504 e. The SMILES string of the molecule is COCC(CCCN=C(N)N)Cc1cc(CCC(=O)C=CCCC2CCCC2)cc(OC2CCCC2)c1O. The van der Waals surface area contributed by atoms with Crippen LogP contribution in [0.1, 0.15) is 94.6 Å². The standard InChI is InChI=1S/C31H49N3O4/c1-37-22-25(12-8-18-34-31(32)33)20-26-19-24(21-29(30(26)36)38-28-14-6-7-15-28)16-17-27(35)13-5-4-11-23-9-2-3-10-23/h5,13,19,21,23,25,28,36H,2-4,6-12,14-18,20,22H2,1H3,(H4,32,33,34). The minimum absolute atomic E-state index is 0.102. The van der Waals surface area contributed by atoms with E-state index in [9.17, 15) is 9.90 Å². The fourth-order valence-electron chi connectivity index (χ4n) is 5.88. The quantitative estimate of drug-likeness (QED) is 0.105. The number of aromatic hydroxyl groups is 1. The van der Waals surface area contributed by atoms with Crippen molar-refractivity contribution in [3.05, 3.63) is 35.4 Å². The first-order valence-corrected chi connectivity index (χ1v) is 14.7. The summed E-state index contributed by atoms with van der Waals surface area (Å²) < 4.78 is 11.7. The summed E-state index contributed by atoms with van der Waals surface area (Å²) in [6, 6.07) is 3.96. The maximum atomic E-state index is 12.6. The summed E-state index contributed by atoms with van der Waals surface area (Å²) in [6.45, 7) is 1.15. The van der Waals surface area contributed by atoms with Gasteiger partial charge < -0.3 is 26.0 Å². The van der Waals surface area contributed by atoms with Crippen LogP contribution in [0.15, 0.2) is 29.3 Å². The zero-order valence-electron chi connectivity index (χ0n) is 23.3. The number of hydrogen-bond donors (Lipinski definition) is 3. The first-order valence-electron chi connectivity index (χ1n) is 14.7. The molecule has 2 saturated carbocycles. The van der Waals surface area contributed by atoms with E-state index in [2.05, 4.69) is 11.1 Å². The molecular weight excluding hydrogens is 478 g/mol. The van der Waals surface area contributed by atoms with E-state index in [0.29, 0.717) is 38.2 Å². The zero-order chi connectivity index (χ0) is 27.2. The molecule has 0 heterocycles. The van der Waals surface area contributed by atoms with Crippen molar-refractivity contribution in [3.8, 4) is 11.5 Å². The van der Waals surface area contributed by atoms with Crippen LogP contribution in [0, 0.1) is 11.8 Å². The summed E-state index contributed by atoms with van der Waals surface area (Å²) >= 11 is 0. The van der Waals surface area contributed by atoms with Crippen molar-refractivity contribution < 1.29 is 19.4 Å². The average molecular weight is 528 g/mol. The number of carbonyl (C=O) groups is 1. The van der Waals surface area contributed by atoms with Crippen LogP contribution < -0.4 is 16.2 Å². The van der Waals surface area contributed by atoms with E-state index in [-0.39, 0.29) is 29.5 Å². The number of hydrogen-bond acceptors (Lipinski definition) is 5. The van der Waals surface area contributed by atoms with E-state index >= 15 is 0 Å². The molecule has 0 radical (unpaired) electrons. The monoisotopic (exact) mass is 527 g/mol. The van der Waals surface area contributed by atoms with Crippen molar-refractivity contribution in [2.45, 2.75) is 102 Å². The third-order valence-electron chi connectivity index (χ3n) is 7.97. The summed E-state index contributed by atoms with van der Waals surface area (Å²) in [5.41, 5.74) is 12.8. The van der Waals surface area contributed by atoms with Gasteiger partial charge in [-0.25, -0.2) is 0 Å². The number of nitrogens with two attached hydrogens (primary N) is 2. The van der Waals surface area contributed by atoms with E-state index in [1.165, 1.54) is 32.1 Å². The lowest BCUT2D eigenvalue weighted by atomic mass is 9.92. The summed E-state index contributed by atoms with van der Waals surface area (Å²) in [5, 5.41) is 11.1. The van der Waals surface area contributed by atoms with Gasteiger partial charge in [-0.3, -0.25) is 9.79 Å². The Labute approximate surface area is 229 Å². The van der Waals surface area contributed by atoms with Crippen LogP contribution >= 0.6 is 0 Å². The van der Waals surface area contributed by atoms with E-state index in [0.717, 1.165) is 62.0 Å². The van der Waals surface area contributed by atoms with Crippen LogP contribution in [0.3, 0.4) is 0 Å². The maximum absolute atomic E-state index is 12.6. The average Bonchev–Trinajstić information content (AvgIpc) is 3.60. The molecule has 2 fully saturated rings. The summed E-state index contributed by atoms with van der Waals surface area (Å²) in [7, 11) is 1.70. The van der Waals surface area contributed by atoms with Gasteiger partial charge in [-0.2, -0.15) is 0 Å². The number of ketones is 1. The molecule has 0 spiro atoms. The molecule has 1 aromatic rings. The number of phenolic OH excluding ortho intramolecular Hbond substituents is 1. The number of ether oxygens (including phenoxy) is 2. The second-order valence-corrected chi connectivity index (χ2v) is 11.2. The second-order valence-electron chi connectivity index (χ2n) is 11.2. The Morgan fingerprint density at radius 2 is 1.89 bits per heavy atom. The fourth-order valence-corrected chi connectivity index (χ4v) is 5.88. The predicted octanol–water partition coefficient (Wildman–Crippen LogP) is 5.60. The molecule has 2 aliphatic carbocycles. The Morgan fingerprint density at radius 3 is 2.61 bits per heavy atom. The lowest BCUT2D eigenvalue weighted by molar-refractivity contribution is -0.114. The number of guanidine groups is 1. The Hall–Kier alpha value is -2.54. The van der Waals surface area contributed by atoms with Crippen LogP contribution in [0.2, 0.25) is 0 Å². The highest BCUT2D eigenvalue weighted by atomic mass is 16.5. The van der Waals surface area contributed by atoms with Crippen molar-refractivity contribution in [3.63, 3.8) is 0 Å². The molecule has 7 nitrogen and oxygen atoms in total. The van der Waals surface area contributed by atoms with Gasteiger partial charge in [-0.05, 0) is 99.3 Å². The van der Waals surface area contributed by atoms with Gasteiger partial charge in [0.15, 0.2) is 23.2 Å². The minimum atomic E-state index is 0.102. The van der Waals surface area contributed by atoms with Crippen molar-refractivity contribution in [1.29, 1.82) is 0 Å². The third-order valence-corrected chi connectivity index (χ3v) is 7.97. The van der Waals surface area contributed by atoms with Crippen molar-refractivity contribution >= 4 is 11.7 Å². The molecule has 0 amide bonds. The number of allylic oxidation sites excluding steroid dienone is 2. The van der Waals surface area contributed by atoms with Gasteiger partial charge in [-0.1, -0.05) is 37.8 Å². The van der Waals surface area contributed by atoms with E-state index in [4.69, 9.17) is 20.9 Å². The molecule has 7 heteroatoms. The van der Waals surface area contributed by atoms with E-state index in [1.807, 2.05) is 12.1 Å². The number of rotatable bonds is 17. The van der Waals surface area contributed by atoms with Gasteiger partial charge in [0.2, 0.25) is 0 Å². The highest BCUT2D eigenvalue weighted by molar-refractivity contribution is 5.89. The lowest BCUT2D eigenvalue weighted by Gasteiger charge is -2.21. The summed E-state index contributed by atoms with van der Waals surface area (Å²) in [4.78, 5) is 16.7. The summed E-state index contributed by atoms with van der Waals surface area (Å²) in [6.07, 6.45) is 19.3. The molecule has 5 N–H and O–H groups in total. The highest BCUT2D eigenvalue weighted by Crippen LogP contribution is 2.37. The zero-order valence-corrected chi connectivity index (χ0v) is 23.3. The van der Waals surface area contributed by atoms with Crippen LogP contribution in [0.5, 0.6) is 11.5 Å². The molecule has 38 heavy (non-hydrogen) atoms. The van der Waals surface area contributed by atoms with Crippen LogP contribution in [-0.4, -0.2) is 43.2 Å². The number of phenols is 1. The van der Waals surface area contributed by atoms with Gasteiger partial charge in [0.25, 0.3) is 0 Å². The molecule has 1 atom stereocenters. The lowest BCUT2D eigenvalue weighted by Crippen LogP contribution is -2.23. The van der Waals surface area contributed by atoms with E-state index < -0.39 is 0 Å². The van der Waals surface area contributed by atoms with Gasteiger partial charge >= 0.3 is 0 Å². The normalized spacial score (nSPS) is 17.3. The first-order chi connectivity index (χ1) is 18.4. The largest absolute Gasteiger partial charge is 0.504 e. The number of methoxy groups -OCH3 is 1. The Bertz CT molecular complexity index is 914. The van der Waals surface area contributed by atoms with Crippen LogP contribution in [-0.2, 0) is 22.4 Å². The van der Waals surface area contributed by atoms with Crippen molar-refractivity contribution in [2.75, 3.05) is 20.3 Å². The number of aryl methyl sites for hydroxylation is 1. The Kier molecular flexibility index (Phi) is 13.0. The molecule has 0 aliphatic heterocycles. The predicted molar refractivity (Wildman–Crippen MR) is 154 cm³/mol.